The van der Waals surface area contributed by atoms with Gasteiger partial charge in [0.1, 0.15) is 0 Å². The predicted octanol–water partition coefficient (Wildman–Crippen LogP) is 5.48. The van der Waals surface area contributed by atoms with E-state index in [-0.39, 0.29) is 11.2 Å². The second-order valence-electron chi connectivity index (χ2n) is 7.99. The van der Waals surface area contributed by atoms with Crippen LogP contribution in [-0.2, 0) is 11.2 Å². The third kappa shape index (κ3) is 4.84. The van der Waals surface area contributed by atoms with Crippen LogP contribution in [0.5, 0.6) is 0 Å². The van der Waals surface area contributed by atoms with E-state index in [4.69, 9.17) is 0 Å². The van der Waals surface area contributed by atoms with E-state index in [0.717, 1.165) is 47.1 Å². The van der Waals surface area contributed by atoms with Crippen LogP contribution in [0.15, 0.2) is 59.3 Å². The molecular formula is C24H24N6OS2. The minimum Gasteiger partial charge on any atom is -0.301 e. The zero-order valence-electron chi connectivity index (χ0n) is 18.4. The maximum absolute atomic E-state index is 12.9. The van der Waals surface area contributed by atoms with Gasteiger partial charge in [0.2, 0.25) is 5.91 Å². The van der Waals surface area contributed by atoms with Crippen LogP contribution in [0.25, 0.3) is 22.6 Å². The van der Waals surface area contributed by atoms with Crippen LogP contribution in [0.4, 0.5) is 5.13 Å². The Bertz CT molecular complexity index is 1250. The lowest BCUT2D eigenvalue weighted by molar-refractivity contribution is -0.115. The van der Waals surface area contributed by atoms with Gasteiger partial charge in [0.25, 0.3) is 0 Å². The van der Waals surface area contributed by atoms with Crippen molar-refractivity contribution in [1.82, 2.24) is 24.7 Å². The normalized spacial score (nSPS) is 14.2. The van der Waals surface area contributed by atoms with Gasteiger partial charge >= 0.3 is 0 Å². The molecule has 5 rings (SSSR count). The number of thioether (sulfide) groups is 1. The maximum atomic E-state index is 12.9. The number of carbonyl (C=O) groups excluding carboxylic acids is 1. The third-order valence-electron chi connectivity index (χ3n) is 5.54. The molecule has 0 saturated heterocycles. The highest BCUT2D eigenvalue weighted by molar-refractivity contribution is 8.00. The van der Waals surface area contributed by atoms with E-state index < -0.39 is 0 Å². The number of aryl methyl sites for hydroxylation is 1. The number of nitrogens with zero attached hydrogens (tertiary/aromatic N) is 5. The number of aromatic nitrogens is 5. The molecule has 9 heteroatoms. The quantitative estimate of drug-likeness (QED) is 0.339. The summed E-state index contributed by atoms with van der Waals surface area (Å²) in [6, 6.07) is 12.6. The molecule has 7 nitrogen and oxygen atoms in total. The average Bonchev–Trinajstić information content (AvgIpc) is 3.44. The summed E-state index contributed by atoms with van der Waals surface area (Å²) in [6.45, 7) is 4.02. The van der Waals surface area contributed by atoms with Crippen molar-refractivity contribution in [2.75, 3.05) is 5.32 Å². The van der Waals surface area contributed by atoms with Crippen LogP contribution in [-0.4, -0.2) is 35.9 Å². The van der Waals surface area contributed by atoms with Gasteiger partial charge < -0.3 is 5.32 Å². The van der Waals surface area contributed by atoms with Crippen LogP contribution >= 0.6 is 23.1 Å². The summed E-state index contributed by atoms with van der Waals surface area (Å²) in [5.41, 5.74) is 4.14. The zero-order chi connectivity index (χ0) is 22.8. The molecule has 0 bridgehead atoms. The monoisotopic (exact) mass is 476 g/mol. The van der Waals surface area contributed by atoms with Gasteiger partial charge in [-0.1, -0.05) is 43.0 Å². The first-order valence-electron chi connectivity index (χ1n) is 11.0. The lowest BCUT2D eigenvalue weighted by Crippen LogP contribution is -2.22. The summed E-state index contributed by atoms with van der Waals surface area (Å²) < 4.78 is 2.15. The first-order chi connectivity index (χ1) is 16.1. The number of hydrogen-bond acceptors (Lipinski definition) is 7. The summed E-state index contributed by atoms with van der Waals surface area (Å²) in [5, 5.41) is 14.7. The van der Waals surface area contributed by atoms with E-state index in [0.29, 0.717) is 11.2 Å². The fourth-order valence-electron chi connectivity index (χ4n) is 3.50. The van der Waals surface area contributed by atoms with Crippen molar-refractivity contribution in [2.24, 2.45) is 0 Å². The molecule has 1 saturated carbocycles. The number of amides is 1. The number of thiazole rings is 1. The number of carbonyl (C=O) groups is 1. The number of anilines is 1. The minimum atomic E-state index is -0.343. The molecule has 1 amide bonds. The van der Waals surface area contributed by atoms with Gasteiger partial charge in [-0.15, -0.1) is 21.5 Å². The average molecular weight is 477 g/mol. The molecule has 0 radical (unpaired) electrons. The third-order valence-corrected chi connectivity index (χ3v) is 7.35. The largest absolute Gasteiger partial charge is 0.301 e. The van der Waals surface area contributed by atoms with Crippen LogP contribution < -0.4 is 5.32 Å². The Morgan fingerprint density at radius 1 is 1.21 bits per heavy atom. The van der Waals surface area contributed by atoms with E-state index in [1.165, 1.54) is 28.7 Å². The Balaban J connectivity index is 1.27. The van der Waals surface area contributed by atoms with Crippen LogP contribution in [0.2, 0.25) is 0 Å². The molecule has 1 fully saturated rings. The highest BCUT2D eigenvalue weighted by atomic mass is 32.2. The summed E-state index contributed by atoms with van der Waals surface area (Å²) in [4.78, 5) is 21.7. The zero-order valence-corrected chi connectivity index (χ0v) is 20.1. The molecule has 3 aromatic heterocycles. The molecule has 1 N–H and O–H groups in total. The van der Waals surface area contributed by atoms with Crippen molar-refractivity contribution in [3.05, 3.63) is 59.7 Å². The topological polar surface area (TPSA) is 85.6 Å². The van der Waals surface area contributed by atoms with Crippen molar-refractivity contribution in [3.63, 3.8) is 0 Å². The fourth-order valence-corrected chi connectivity index (χ4v) is 5.15. The SMILES string of the molecule is CCc1ccc(-c2csc(NC(=O)[C@@H](C)Sc3nnc(-c4cccnc4)n3C3CC3)n2)cc1. The van der Waals surface area contributed by atoms with Crippen molar-refractivity contribution in [1.29, 1.82) is 0 Å². The molecule has 33 heavy (non-hydrogen) atoms. The highest BCUT2D eigenvalue weighted by Gasteiger charge is 2.31. The standard InChI is InChI=1S/C24H24N6OS2/c1-3-16-6-8-17(9-7-16)20-14-32-23(26-20)27-22(31)15(2)33-24-29-28-21(30(24)19-10-11-19)18-5-4-12-25-13-18/h4-9,12-15,19H,3,10-11H2,1-2H3,(H,26,27,31)/t15-/m1/s1. The van der Waals surface area contributed by atoms with Gasteiger partial charge in [0, 0.05) is 34.9 Å². The van der Waals surface area contributed by atoms with Crippen LogP contribution in [0.1, 0.15) is 38.3 Å². The smallest absolute Gasteiger partial charge is 0.239 e. The number of nitrogens with one attached hydrogen (secondary N) is 1. The molecule has 3 heterocycles. The number of hydrogen-bond donors (Lipinski definition) is 1. The summed E-state index contributed by atoms with van der Waals surface area (Å²) in [7, 11) is 0. The van der Waals surface area contributed by atoms with Crippen molar-refractivity contribution in [3.8, 4) is 22.6 Å². The van der Waals surface area contributed by atoms with Gasteiger partial charge in [-0.05, 0) is 43.9 Å². The molecule has 168 valence electrons. The van der Waals surface area contributed by atoms with Gasteiger partial charge in [-0.3, -0.25) is 14.3 Å². The van der Waals surface area contributed by atoms with Crippen LogP contribution in [0, 0.1) is 0 Å². The van der Waals surface area contributed by atoms with E-state index in [2.05, 4.69) is 61.2 Å². The molecule has 1 atom stereocenters. The lowest BCUT2D eigenvalue weighted by Gasteiger charge is -2.12. The molecule has 1 aliphatic carbocycles. The van der Waals surface area contributed by atoms with E-state index >= 15 is 0 Å². The van der Waals surface area contributed by atoms with E-state index in [9.17, 15) is 4.79 Å². The van der Waals surface area contributed by atoms with Gasteiger partial charge in [0.05, 0.1) is 10.9 Å². The second-order valence-corrected chi connectivity index (χ2v) is 10.2. The van der Waals surface area contributed by atoms with E-state index in [1.807, 2.05) is 24.4 Å². The number of pyridine rings is 1. The summed E-state index contributed by atoms with van der Waals surface area (Å²) in [6.07, 6.45) is 6.74. The highest BCUT2D eigenvalue weighted by Crippen LogP contribution is 2.41. The van der Waals surface area contributed by atoms with Crippen molar-refractivity contribution < 1.29 is 4.79 Å². The van der Waals surface area contributed by atoms with Crippen LogP contribution in [0.3, 0.4) is 0 Å². The first-order valence-corrected chi connectivity index (χ1v) is 12.8. The second kappa shape index (κ2) is 9.44. The predicted molar refractivity (Wildman–Crippen MR) is 132 cm³/mol. The molecule has 0 unspecified atom stereocenters. The van der Waals surface area contributed by atoms with Gasteiger partial charge in [0.15, 0.2) is 16.1 Å². The van der Waals surface area contributed by atoms with Crippen molar-refractivity contribution in [2.45, 2.75) is 49.6 Å². The summed E-state index contributed by atoms with van der Waals surface area (Å²) >= 11 is 2.86. The Hall–Kier alpha value is -3.04. The molecule has 0 aliphatic heterocycles. The molecular weight excluding hydrogens is 452 g/mol. The Labute approximate surface area is 200 Å². The number of benzene rings is 1. The van der Waals surface area contributed by atoms with Crippen molar-refractivity contribution >= 4 is 34.1 Å². The lowest BCUT2D eigenvalue weighted by atomic mass is 10.1. The molecule has 1 aliphatic rings. The van der Waals surface area contributed by atoms with Gasteiger partial charge in [-0.2, -0.15) is 0 Å². The first kappa shape index (κ1) is 21.8. The molecule has 4 aromatic rings. The Morgan fingerprint density at radius 3 is 2.73 bits per heavy atom. The summed E-state index contributed by atoms with van der Waals surface area (Å²) in [5.74, 6) is 0.704. The minimum absolute atomic E-state index is 0.101. The molecule has 1 aromatic carbocycles. The molecule has 0 spiro atoms. The van der Waals surface area contributed by atoms with E-state index in [1.54, 1.807) is 12.4 Å². The fraction of sp³-hybridized carbons (Fsp3) is 0.292. The number of rotatable bonds is 8. The Kier molecular flexibility index (Phi) is 6.24. The maximum Gasteiger partial charge on any atom is 0.239 e. The Morgan fingerprint density at radius 2 is 2.03 bits per heavy atom. The van der Waals surface area contributed by atoms with Gasteiger partial charge in [-0.25, -0.2) is 4.98 Å².